The number of aliphatic carboxylic acids is 1. The first-order valence-electron chi connectivity index (χ1n) is 2.99. The zero-order valence-electron chi connectivity index (χ0n) is 5.52. The van der Waals surface area contributed by atoms with Gasteiger partial charge in [0.05, 0.1) is 0 Å². The third-order valence-corrected chi connectivity index (χ3v) is 0.994. The zero-order valence-corrected chi connectivity index (χ0v) is 6.56. The average Bonchev–Trinajstić information content (AvgIpc) is 1.66. The fourth-order valence-corrected chi connectivity index (χ4v) is 0.526. The first kappa shape index (κ1) is 11.7. The van der Waals surface area contributed by atoms with Crippen molar-refractivity contribution in [1.82, 2.24) is 0 Å². The summed E-state index contributed by atoms with van der Waals surface area (Å²) in [5.41, 5.74) is 0. The standard InChI is InChI=1S/C6H12O2.Co/c1-2-3-4-5-6(7)8;/h2-5H2,1H3,(H,7,8);. The number of hydrogen-bond donors (Lipinski definition) is 1. The molecular formula is C6H12CoO2. The summed E-state index contributed by atoms with van der Waals surface area (Å²) >= 11 is 0. The molecule has 1 N–H and O–H groups in total. The van der Waals surface area contributed by atoms with Crippen molar-refractivity contribution in [3.63, 3.8) is 0 Å². The van der Waals surface area contributed by atoms with Crippen molar-refractivity contribution in [1.29, 1.82) is 0 Å². The van der Waals surface area contributed by atoms with E-state index in [0.717, 1.165) is 19.3 Å². The van der Waals surface area contributed by atoms with Gasteiger partial charge in [-0.25, -0.2) is 0 Å². The van der Waals surface area contributed by atoms with Crippen LogP contribution in [0.3, 0.4) is 0 Å². The van der Waals surface area contributed by atoms with Crippen LogP contribution in [-0.4, -0.2) is 11.1 Å². The molecule has 0 saturated carbocycles. The molecule has 2 nitrogen and oxygen atoms in total. The van der Waals surface area contributed by atoms with Gasteiger partial charge in [-0.05, 0) is 6.42 Å². The van der Waals surface area contributed by atoms with E-state index in [2.05, 4.69) is 6.92 Å². The van der Waals surface area contributed by atoms with Crippen LogP contribution in [0.5, 0.6) is 0 Å². The minimum absolute atomic E-state index is 0. The molecule has 1 radical (unpaired) electrons. The maximum Gasteiger partial charge on any atom is 0.303 e. The summed E-state index contributed by atoms with van der Waals surface area (Å²) in [4.78, 5) is 9.87. The molecule has 0 aromatic carbocycles. The molecule has 3 heteroatoms. The third kappa shape index (κ3) is 11.5. The van der Waals surface area contributed by atoms with Gasteiger partial charge in [0.2, 0.25) is 0 Å². The van der Waals surface area contributed by atoms with E-state index < -0.39 is 5.97 Å². The molecule has 0 aliphatic heterocycles. The van der Waals surface area contributed by atoms with E-state index >= 15 is 0 Å². The van der Waals surface area contributed by atoms with Crippen molar-refractivity contribution in [2.24, 2.45) is 0 Å². The third-order valence-electron chi connectivity index (χ3n) is 0.994. The molecule has 57 valence electrons. The van der Waals surface area contributed by atoms with Crippen molar-refractivity contribution in [3.8, 4) is 0 Å². The largest absolute Gasteiger partial charge is 0.481 e. The summed E-state index contributed by atoms with van der Waals surface area (Å²) in [6.45, 7) is 2.06. The van der Waals surface area contributed by atoms with Gasteiger partial charge in [-0.2, -0.15) is 0 Å². The molecule has 9 heavy (non-hydrogen) atoms. The van der Waals surface area contributed by atoms with Crippen molar-refractivity contribution in [3.05, 3.63) is 0 Å². The van der Waals surface area contributed by atoms with Crippen LogP contribution in [0.15, 0.2) is 0 Å². The van der Waals surface area contributed by atoms with Crippen LogP contribution in [-0.2, 0) is 21.6 Å². The van der Waals surface area contributed by atoms with E-state index in [0.29, 0.717) is 6.42 Å². The van der Waals surface area contributed by atoms with E-state index in [-0.39, 0.29) is 16.8 Å². The van der Waals surface area contributed by atoms with Gasteiger partial charge in [0.1, 0.15) is 0 Å². The number of carboxylic acid groups (broad SMARTS) is 1. The molecule has 0 unspecified atom stereocenters. The Kier molecular flexibility index (Phi) is 10.4. The van der Waals surface area contributed by atoms with Gasteiger partial charge in [-0.1, -0.05) is 19.8 Å². The molecule has 0 aliphatic rings. The van der Waals surface area contributed by atoms with Gasteiger partial charge in [-0.15, -0.1) is 0 Å². The summed E-state index contributed by atoms with van der Waals surface area (Å²) in [5.74, 6) is -0.682. The molecule has 0 rings (SSSR count). The summed E-state index contributed by atoms with van der Waals surface area (Å²) < 4.78 is 0. The monoisotopic (exact) mass is 175 g/mol. The Labute approximate surface area is 65.8 Å². The second-order valence-electron chi connectivity index (χ2n) is 1.85. The smallest absolute Gasteiger partial charge is 0.303 e. The topological polar surface area (TPSA) is 37.3 Å². The zero-order chi connectivity index (χ0) is 6.41. The van der Waals surface area contributed by atoms with Gasteiger partial charge >= 0.3 is 5.97 Å². The molecule has 0 heterocycles. The minimum atomic E-state index is -0.682. The molecule has 0 aliphatic carbocycles. The van der Waals surface area contributed by atoms with Crippen molar-refractivity contribution >= 4 is 5.97 Å². The van der Waals surface area contributed by atoms with Crippen molar-refractivity contribution in [2.45, 2.75) is 32.6 Å². The van der Waals surface area contributed by atoms with Crippen LogP contribution in [0.25, 0.3) is 0 Å². The van der Waals surface area contributed by atoms with E-state index in [1.165, 1.54) is 0 Å². The number of hydrogen-bond acceptors (Lipinski definition) is 1. The molecule has 0 amide bonds. The Morgan fingerprint density at radius 3 is 2.33 bits per heavy atom. The van der Waals surface area contributed by atoms with Gasteiger partial charge in [0, 0.05) is 23.2 Å². The van der Waals surface area contributed by atoms with Crippen LogP contribution in [0.4, 0.5) is 0 Å². The van der Waals surface area contributed by atoms with E-state index in [4.69, 9.17) is 5.11 Å². The first-order chi connectivity index (χ1) is 3.77. The minimum Gasteiger partial charge on any atom is -0.481 e. The normalized spacial score (nSPS) is 8.11. The maximum absolute atomic E-state index is 9.87. The second-order valence-corrected chi connectivity index (χ2v) is 1.85. The van der Waals surface area contributed by atoms with Gasteiger partial charge < -0.3 is 5.11 Å². The fraction of sp³-hybridized carbons (Fsp3) is 0.833. The quantitative estimate of drug-likeness (QED) is 0.659. The molecule has 0 aromatic heterocycles. The predicted octanol–water partition coefficient (Wildman–Crippen LogP) is 1.65. The average molecular weight is 175 g/mol. The van der Waals surface area contributed by atoms with Crippen LogP contribution in [0.2, 0.25) is 0 Å². The van der Waals surface area contributed by atoms with Gasteiger partial charge in [-0.3, -0.25) is 4.79 Å². The van der Waals surface area contributed by atoms with Crippen molar-refractivity contribution < 1.29 is 26.7 Å². The summed E-state index contributed by atoms with van der Waals surface area (Å²) in [6, 6.07) is 0. The summed E-state index contributed by atoms with van der Waals surface area (Å²) in [5, 5.41) is 8.14. The van der Waals surface area contributed by atoms with E-state index in [1.807, 2.05) is 0 Å². The number of carboxylic acids is 1. The Morgan fingerprint density at radius 2 is 2.00 bits per heavy atom. The Bertz CT molecular complexity index is 73.5. The molecule has 0 saturated heterocycles. The SMILES string of the molecule is CCCCCC(=O)O.[Co]. The van der Waals surface area contributed by atoms with Crippen LogP contribution in [0.1, 0.15) is 32.6 Å². The second kappa shape index (κ2) is 7.98. The van der Waals surface area contributed by atoms with Crippen LogP contribution in [0, 0.1) is 0 Å². The Hall–Kier alpha value is -0.0235. The summed E-state index contributed by atoms with van der Waals surface area (Å²) in [7, 11) is 0. The Morgan fingerprint density at radius 1 is 1.44 bits per heavy atom. The molecule has 0 bridgehead atoms. The summed E-state index contributed by atoms with van der Waals surface area (Å²) in [6.07, 6.45) is 3.28. The van der Waals surface area contributed by atoms with Gasteiger partial charge in [0.15, 0.2) is 0 Å². The number of carbonyl (C=O) groups is 1. The van der Waals surface area contributed by atoms with E-state index in [9.17, 15) is 4.79 Å². The fourth-order valence-electron chi connectivity index (χ4n) is 0.526. The molecular weight excluding hydrogens is 163 g/mol. The molecule has 0 aromatic rings. The van der Waals surface area contributed by atoms with Crippen molar-refractivity contribution in [2.75, 3.05) is 0 Å². The number of unbranched alkanes of at least 4 members (excludes halogenated alkanes) is 2. The Balaban J connectivity index is 0. The molecule has 0 fully saturated rings. The van der Waals surface area contributed by atoms with Crippen LogP contribution >= 0.6 is 0 Å². The number of rotatable bonds is 4. The first-order valence-corrected chi connectivity index (χ1v) is 2.99. The predicted molar refractivity (Wildman–Crippen MR) is 31.8 cm³/mol. The molecule has 0 spiro atoms. The van der Waals surface area contributed by atoms with Crippen LogP contribution < -0.4 is 0 Å². The van der Waals surface area contributed by atoms with Gasteiger partial charge in [0.25, 0.3) is 0 Å². The van der Waals surface area contributed by atoms with E-state index in [1.54, 1.807) is 0 Å². The maximum atomic E-state index is 9.87. The molecule has 0 atom stereocenters.